The molecular formula is C7H14O5. The summed E-state index contributed by atoms with van der Waals surface area (Å²) in [5, 5.41) is 34.8. The average molecular weight is 178 g/mol. The van der Waals surface area contributed by atoms with E-state index in [1.807, 2.05) is 0 Å². The van der Waals surface area contributed by atoms with Crippen molar-refractivity contribution in [3.8, 4) is 0 Å². The maximum absolute atomic E-state index is 10.1. The van der Waals surface area contributed by atoms with Crippen molar-refractivity contribution in [1.82, 2.24) is 0 Å². The van der Waals surface area contributed by atoms with E-state index in [9.17, 15) is 4.79 Å². The molecule has 0 amide bonds. The van der Waals surface area contributed by atoms with Crippen LogP contribution in [0.5, 0.6) is 0 Å². The Morgan fingerprint density at radius 2 is 1.75 bits per heavy atom. The van der Waals surface area contributed by atoms with Gasteiger partial charge >= 0.3 is 5.97 Å². The molecule has 72 valence electrons. The molecule has 0 aromatic heterocycles. The van der Waals surface area contributed by atoms with Gasteiger partial charge < -0.3 is 20.4 Å². The molecule has 0 saturated carbocycles. The topological polar surface area (TPSA) is 98.0 Å². The number of aliphatic hydroxyl groups is 3. The molecule has 3 atom stereocenters. The van der Waals surface area contributed by atoms with Crippen LogP contribution in [0.3, 0.4) is 0 Å². The second kappa shape index (κ2) is 5.08. The van der Waals surface area contributed by atoms with Crippen LogP contribution in [0, 0.1) is 0 Å². The second-order valence-electron chi connectivity index (χ2n) is 2.78. The zero-order valence-electron chi connectivity index (χ0n) is 6.84. The lowest BCUT2D eigenvalue weighted by molar-refractivity contribution is -0.153. The molecule has 3 unspecified atom stereocenters. The van der Waals surface area contributed by atoms with Gasteiger partial charge in [-0.15, -0.1) is 0 Å². The highest BCUT2D eigenvalue weighted by Crippen LogP contribution is 2.05. The lowest BCUT2D eigenvalue weighted by Crippen LogP contribution is -2.34. The van der Waals surface area contributed by atoms with Gasteiger partial charge in [0.25, 0.3) is 0 Å². The minimum atomic E-state index is -1.76. The van der Waals surface area contributed by atoms with Gasteiger partial charge in [-0.1, -0.05) is 0 Å². The molecule has 0 aromatic rings. The number of aliphatic hydroxyl groups excluding tert-OH is 3. The average Bonchev–Trinajstić information content (AvgIpc) is 1.98. The first-order valence-corrected chi connectivity index (χ1v) is 3.72. The first-order chi connectivity index (χ1) is 5.45. The fourth-order valence-corrected chi connectivity index (χ4v) is 0.734. The van der Waals surface area contributed by atoms with E-state index in [-0.39, 0.29) is 12.8 Å². The van der Waals surface area contributed by atoms with Gasteiger partial charge in [0.15, 0.2) is 6.10 Å². The Labute approximate surface area is 70.3 Å². The van der Waals surface area contributed by atoms with Gasteiger partial charge in [0.1, 0.15) is 0 Å². The monoisotopic (exact) mass is 178 g/mol. The number of carboxylic acids is 1. The van der Waals surface area contributed by atoms with Crippen LogP contribution in [0.4, 0.5) is 0 Å². The minimum absolute atomic E-state index is 0.0745. The maximum atomic E-state index is 10.1. The van der Waals surface area contributed by atoms with Gasteiger partial charge in [-0.2, -0.15) is 0 Å². The Morgan fingerprint density at radius 1 is 1.25 bits per heavy atom. The van der Waals surface area contributed by atoms with Gasteiger partial charge in [-0.3, -0.25) is 0 Å². The molecule has 5 heteroatoms. The van der Waals surface area contributed by atoms with E-state index in [4.69, 9.17) is 20.4 Å². The highest BCUT2D eigenvalue weighted by Gasteiger charge is 2.23. The predicted octanol–water partition coefficient (Wildman–Crippen LogP) is -1.05. The Kier molecular flexibility index (Phi) is 4.80. The zero-order chi connectivity index (χ0) is 9.72. The summed E-state index contributed by atoms with van der Waals surface area (Å²) in [6.07, 6.45) is -3.32. The van der Waals surface area contributed by atoms with E-state index in [1.165, 1.54) is 6.92 Å². The third-order valence-corrected chi connectivity index (χ3v) is 1.50. The van der Waals surface area contributed by atoms with E-state index in [1.54, 1.807) is 0 Å². The Hall–Kier alpha value is -0.650. The number of hydrogen-bond acceptors (Lipinski definition) is 4. The van der Waals surface area contributed by atoms with Crippen LogP contribution in [0.2, 0.25) is 0 Å². The molecule has 4 N–H and O–H groups in total. The molecule has 0 spiro atoms. The summed E-state index contributed by atoms with van der Waals surface area (Å²) in [7, 11) is 0. The molecule has 12 heavy (non-hydrogen) atoms. The highest BCUT2D eigenvalue weighted by atomic mass is 16.4. The lowest BCUT2D eigenvalue weighted by Gasteiger charge is -2.14. The summed E-state index contributed by atoms with van der Waals surface area (Å²) in [5.74, 6) is -1.45. The summed E-state index contributed by atoms with van der Waals surface area (Å²) < 4.78 is 0. The fraction of sp³-hybridized carbons (Fsp3) is 0.857. The van der Waals surface area contributed by atoms with Crippen LogP contribution < -0.4 is 0 Å². The third-order valence-electron chi connectivity index (χ3n) is 1.50. The number of carboxylic acid groups (broad SMARTS) is 1. The molecule has 0 saturated heterocycles. The summed E-state index contributed by atoms with van der Waals surface area (Å²) in [5.41, 5.74) is 0. The van der Waals surface area contributed by atoms with Gasteiger partial charge in [0.2, 0.25) is 0 Å². The first kappa shape index (κ1) is 11.4. The van der Waals surface area contributed by atoms with Crippen LogP contribution in [0.25, 0.3) is 0 Å². The largest absolute Gasteiger partial charge is 0.479 e. The van der Waals surface area contributed by atoms with E-state index < -0.39 is 24.3 Å². The molecule has 0 aliphatic heterocycles. The fourth-order valence-electron chi connectivity index (χ4n) is 0.734. The molecule has 0 radical (unpaired) electrons. The van der Waals surface area contributed by atoms with Crippen LogP contribution in [-0.4, -0.2) is 44.7 Å². The van der Waals surface area contributed by atoms with Crippen LogP contribution >= 0.6 is 0 Å². The van der Waals surface area contributed by atoms with Crippen molar-refractivity contribution in [1.29, 1.82) is 0 Å². The first-order valence-electron chi connectivity index (χ1n) is 3.72. The van der Waals surface area contributed by atoms with E-state index >= 15 is 0 Å². The van der Waals surface area contributed by atoms with Crippen molar-refractivity contribution in [2.45, 2.75) is 38.1 Å². The van der Waals surface area contributed by atoms with Gasteiger partial charge in [-0.05, 0) is 19.8 Å². The summed E-state index contributed by atoms with van der Waals surface area (Å²) in [6.45, 7) is 1.53. The third kappa shape index (κ3) is 4.27. The molecule has 0 aliphatic rings. The molecule has 0 bridgehead atoms. The second-order valence-corrected chi connectivity index (χ2v) is 2.78. The molecule has 0 fully saturated rings. The standard InChI is InChI=1S/C7H14O5/c1-4(8)2-3-5(9)6(10)7(11)12/h4-6,8-10H,2-3H2,1H3,(H,11,12). The van der Waals surface area contributed by atoms with Crippen LogP contribution in [-0.2, 0) is 4.79 Å². The van der Waals surface area contributed by atoms with Gasteiger partial charge in [0, 0.05) is 0 Å². The van der Waals surface area contributed by atoms with E-state index in [0.29, 0.717) is 0 Å². The van der Waals surface area contributed by atoms with Crippen molar-refractivity contribution in [3.05, 3.63) is 0 Å². The van der Waals surface area contributed by atoms with Crippen molar-refractivity contribution in [2.24, 2.45) is 0 Å². The van der Waals surface area contributed by atoms with E-state index in [0.717, 1.165) is 0 Å². The van der Waals surface area contributed by atoms with Gasteiger partial charge in [0.05, 0.1) is 12.2 Å². The number of rotatable bonds is 5. The number of carbonyl (C=O) groups is 1. The highest BCUT2D eigenvalue weighted by molar-refractivity contribution is 5.72. The molecule has 0 aliphatic carbocycles. The van der Waals surface area contributed by atoms with Crippen LogP contribution in [0.15, 0.2) is 0 Å². The van der Waals surface area contributed by atoms with Crippen molar-refractivity contribution in [3.63, 3.8) is 0 Å². The SMILES string of the molecule is CC(O)CCC(O)C(O)C(=O)O. The number of hydrogen-bond donors (Lipinski definition) is 4. The van der Waals surface area contributed by atoms with Crippen molar-refractivity contribution < 1.29 is 25.2 Å². The molecule has 0 heterocycles. The quantitative estimate of drug-likeness (QED) is 0.431. The normalized spacial score (nSPS) is 18.3. The smallest absolute Gasteiger partial charge is 0.335 e. The molecule has 0 rings (SSSR count). The molecule has 5 nitrogen and oxygen atoms in total. The lowest BCUT2D eigenvalue weighted by atomic mass is 10.1. The Bertz CT molecular complexity index is 145. The molecule has 0 aromatic carbocycles. The predicted molar refractivity (Wildman–Crippen MR) is 40.6 cm³/mol. The summed E-state index contributed by atoms with van der Waals surface area (Å²) >= 11 is 0. The number of aliphatic carboxylic acids is 1. The van der Waals surface area contributed by atoms with Crippen molar-refractivity contribution in [2.75, 3.05) is 0 Å². The minimum Gasteiger partial charge on any atom is -0.479 e. The Morgan fingerprint density at radius 3 is 2.08 bits per heavy atom. The van der Waals surface area contributed by atoms with E-state index in [2.05, 4.69) is 0 Å². The van der Waals surface area contributed by atoms with Crippen LogP contribution in [0.1, 0.15) is 19.8 Å². The van der Waals surface area contributed by atoms with Gasteiger partial charge in [-0.25, -0.2) is 4.79 Å². The molecular weight excluding hydrogens is 164 g/mol. The Balaban J connectivity index is 3.71. The summed E-state index contributed by atoms with van der Waals surface area (Å²) in [6, 6.07) is 0. The zero-order valence-corrected chi connectivity index (χ0v) is 6.84. The van der Waals surface area contributed by atoms with Crippen molar-refractivity contribution >= 4 is 5.97 Å². The summed E-state index contributed by atoms with van der Waals surface area (Å²) in [4.78, 5) is 10.1. The maximum Gasteiger partial charge on any atom is 0.335 e.